The van der Waals surface area contributed by atoms with Gasteiger partial charge < -0.3 is 14.1 Å². The van der Waals surface area contributed by atoms with Crippen molar-refractivity contribution in [2.45, 2.75) is 33.1 Å². The Balaban J connectivity index is 1.62. The Morgan fingerprint density at radius 3 is 2.50 bits per heavy atom. The molecule has 3 rings (SSSR count). The first kappa shape index (κ1) is 20.2. The molecule has 28 heavy (non-hydrogen) atoms. The van der Waals surface area contributed by atoms with Crippen molar-refractivity contribution in [2.75, 3.05) is 13.1 Å². The molecule has 1 fully saturated rings. The maximum absolute atomic E-state index is 13.2. The average Bonchev–Trinajstić information content (AvgIpc) is 3.07. The molecule has 0 aliphatic carbocycles. The van der Waals surface area contributed by atoms with E-state index in [4.69, 9.17) is 9.15 Å². The molecule has 0 unspecified atom stereocenters. The maximum atomic E-state index is 13.2. The van der Waals surface area contributed by atoms with Gasteiger partial charge in [0.15, 0.2) is 5.76 Å². The normalized spacial score (nSPS) is 19.5. The highest BCUT2D eigenvalue weighted by Crippen LogP contribution is 2.45. The van der Waals surface area contributed by atoms with Gasteiger partial charge >= 0.3 is 6.18 Å². The first-order chi connectivity index (χ1) is 13.1. The first-order valence-corrected chi connectivity index (χ1v) is 8.89. The van der Waals surface area contributed by atoms with Crippen LogP contribution in [-0.4, -0.2) is 30.1 Å². The van der Waals surface area contributed by atoms with Gasteiger partial charge in [-0.15, -0.1) is 0 Å². The van der Waals surface area contributed by atoms with Crippen molar-refractivity contribution >= 4 is 5.91 Å². The van der Waals surface area contributed by atoms with Gasteiger partial charge in [-0.1, -0.05) is 13.8 Å². The predicted molar refractivity (Wildman–Crippen MR) is 93.3 cm³/mol. The van der Waals surface area contributed by atoms with E-state index < -0.39 is 23.4 Å². The molecule has 1 saturated heterocycles. The van der Waals surface area contributed by atoms with Crippen LogP contribution in [0.3, 0.4) is 0 Å². The highest BCUT2D eigenvalue weighted by atomic mass is 19.4. The fourth-order valence-corrected chi connectivity index (χ4v) is 3.55. The molecule has 4 nitrogen and oxygen atoms in total. The summed E-state index contributed by atoms with van der Waals surface area (Å²) in [6.45, 7) is 3.11. The minimum atomic E-state index is -4.28. The molecule has 1 aromatic carbocycles. The van der Waals surface area contributed by atoms with Crippen molar-refractivity contribution in [3.8, 4) is 5.75 Å². The number of amides is 1. The van der Waals surface area contributed by atoms with Crippen LogP contribution in [0, 0.1) is 17.2 Å². The second-order valence-electron chi connectivity index (χ2n) is 7.61. The monoisotopic (exact) mass is 399 g/mol. The van der Waals surface area contributed by atoms with Crippen LogP contribution in [0.2, 0.25) is 0 Å². The van der Waals surface area contributed by atoms with Gasteiger partial charge in [0.05, 0.1) is 5.92 Å². The number of ether oxygens (including phenoxy) is 1. The lowest BCUT2D eigenvalue weighted by molar-refractivity contribution is -0.214. The summed E-state index contributed by atoms with van der Waals surface area (Å²) in [6.07, 6.45) is -4.42. The Kier molecular flexibility index (Phi) is 5.41. The van der Waals surface area contributed by atoms with Crippen molar-refractivity contribution in [3.05, 3.63) is 53.7 Å². The molecule has 0 saturated carbocycles. The summed E-state index contributed by atoms with van der Waals surface area (Å²) >= 11 is 0. The third kappa shape index (κ3) is 4.48. The van der Waals surface area contributed by atoms with E-state index in [2.05, 4.69) is 0 Å². The summed E-state index contributed by atoms with van der Waals surface area (Å²) in [5.74, 6) is -1.38. The highest BCUT2D eigenvalue weighted by molar-refractivity contribution is 5.91. The molecular weight excluding hydrogens is 378 g/mol. The van der Waals surface area contributed by atoms with Crippen molar-refractivity contribution in [1.82, 2.24) is 4.90 Å². The Labute approximate surface area is 160 Å². The SMILES string of the molecule is CC1(C)CN(C(=O)c2ccc(COc3ccc(F)cc3)o2)CC[C@@H]1C(F)(F)F. The van der Waals surface area contributed by atoms with Crippen LogP contribution in [0.15, 0.2) is 40.8 Å². The average molecular weight is 399 g/mol. The lowest BCUT2D eigenvalue weighted by Gasteiger charge is -2.44. The molecular formula is C20H21F4NO3. The van der Waals surface area contributed by atoms with Gasteiger partial charge in [-0.25, -0.2) is 4.39 Å². The van der Waals surface area contributed by atoms with E-state index in [1.165, 1.54) is 49.1 Å². The van der Waals surface area contributed by atoms with Crippen molar-refractivity contribution in [2.24, 2.45) is 11.3 Å². The second-order valence-corrected chi connectivity index (χ2v) is 7.61. The van der Waals surface area contributed by atoms with Crippen molar-refractivity contribution in [3.63, 3.8) is 0 Å². The molecule has 2 heterocycles. The number of likely N-dealkylation sites (tertiary alicyclic amines) is 1. The molecule has 1 aliphatic heterocycles. The topological polar surface area (TPSA) is 42.7 Å². The number of alkyl halides is 3. The zero-order chi connectivity index (χ0) is 20.5. The number of furan rings is 1. The number of carbonyl (C=O) groups excluding carboxylic acids is 1. The number of benzene rings is 1. The molecule has 1 atom stereocenters. The third-order valence-electron chi connectivity index (χ3n) is 4.98. The largest absolute Gasteiger partial charge is 0.486 e. The Hall–Kier alpha value is -2.51. The van der Waals surface area contributed by atoms with Gasteiger partial charge in [0.25, 0.3) is 5.91 Å². The molecule has 1 aromatic heterocycles. The number of nitrogens with zero attached hydrogens (tertiary/aromatic N) is 1. The van der Waals surface area contributed by atoms with E-state index in [1.807, 2.05) is 0 Å². The number of hydrogen-bond acceptors (Lipinski definition) is 3. The molecule has 0 spiro atoms. The van der Waals surface area contributed by atoms with E-state index in [9.17, 15) is 22.4 Å². The number of halogens is 4. The van der Waals surface area contributed by atoms with E-state index >= 15 is 0 Å². The molecule has 0 radical (unpaired) electrons. The third-order valence-corrected chi connectivity index (χ3v) is 4.98. The fraction of sp³-hybridized carbons (Fsp3) is 0.450. The minimum absolute atomic E-state index is 0.00186. The lowest BCUT2D eigenvalue weighted by Crippen LogP contribution is -2.52. The Bertz CT molecular complexity index is 827. The van der Waals surface area contributed by atoms with Crippen LogP contribution in [0.1, 0.15) is 36.6 Å². The summed E-state index contributed by atoms with van der Waals surface area (Å²) in [7, 11) is 0. The molecule has 8 heteroatoms. The molecule has 0 bridgehead atoms. The number of rotatable bonds is 4. The molecule has 1 aliphatic rings. The summed E-state index contributed by atoms with van der Waals surface area (Å²) in [5, 5.41) is 0. The molecule has 1 amide bonds. The van der Waals surface area contributed by atoms with E-state index in [0.29, 0.717) is 11.5 Å². The Morgan fingerprint density at radius 2 is 1.89 bits per heavy atom. The van der Waals surface area contributed by atoms with Crippen LogP contribution < -0.4 is 4.74 Å². The van der Waals surface area contributed by atoms with Crippen molar-refractivity contribution in [1.29, 1.82) is 0 Å². The Morgan fingerprint density at radius 1 is 1.21 bits per heavy atom. The number of hydrogen-bond donors (Lipinski definition) is 0. The summed E-state index contributed by atoms with van der Waals surface area (Å²) in [4.78, 5) is 14.0. The lowest BCUT2D eigenvalue weighted by atomic mass is 9.73. The zero-order valence-electron chi connectivity index (χ0n) is 15.6. The van der Waals surface area contributed by atoms with Crippen LogP contribution in [0.25, 0.3) is 0 Å². The zero-order valence-corrected chi connectivity index (χ0v) is 15.6. The number of piperidine rings is 1. The van der Waals surface area contributed by atoms with E-state index in [1.54, 1.807) is 6.07 Å². The highest BCUT2D eigenvalue weighted by Gasteiger charge is 2.51. The fourth-order valence-electron chi connectivity index (χ4n) is 3.55. The van der Waals surface area contributed by atoms with Gasteiger partial charge in [-0.3, -0.25) is 4.79 Å². The first-order valence-electron chi connectivity index (χ1n) is 8.89. The molecule has 2 aromatic rings. The van der Waals surface area contributed by atoms with Crippen LogP contribution in [0.4, 0.5) is 17.6 Å². The quantitative estimate of drug-likeness (QED) is 0.676. The second kappa shape index (κ2) is 7.48. The summed E-state index contributed by atoms with van der Waals surface area (Å²) in [5.41, 5.74) is -1.08. The standard InChI is InChI=1S/C20H21F4NO3/c1-19(2)12-25(10-9-17(19)20(22,23)24)18(26)16-8-7-15(28-16)11-27-14-5-3-13(21)4-6-14/h3-8,17H,9-12H2,1-2H3/t17-/m0/s1. The summed E-state index contributed by atoms with van der Waals surface area (Å²) in [6, 6.07) is 8.52. The van der Waals surface area contributed by atoms with Gasteiger partial charge in [-0.2, -0.15) is 13.2 Å². The van der Waals surface area contributed by atoms with Crippen LogP contribution >= 0.6 is 0 Å². The van der Waals surface area contributed by atoms with E-state index in [-0.39, 0.29) is 37.7 Å². The van der Waals surface area contributed by atoms with Crippen LogP contribution in [0.5, 0.6) is 5.75 Å². The van der Waals surface area contributed by atoms with Gasteiger partial charge in [0, 0.05) is 13.1 Å². The van der Waals surface area contributed by atoms with Gasteiger partial charge in [0.1, 0.15) is 23.9 Å². The van der Waals surface area contributed by atoms with E-state index in [0.717, 1.165) is 0 Å². The van der Waals surface area contributed by atoms with Gasteiger partial charge in [0.2, 0.25) is 0 Å². The van der Waals surface area contributed by atoms with Gasteiger partial charge in [-0.05, 0) is 48.2 Å². The minimum Gasteiger partial charge on any atom is -0.486 e. The molecule has 0 N–H and O–H groups in total. The predicted octanol–water partition coefficient (Wildman–Crippen LogP) is 5.05. The molecule has 152 valence electrons. The maximum Gasteiger partial charge on any atom is 0.392 e. The number of carbonyl (C=O) groups is 1. The smallest absolute Gasteiger partial charge is 0.392 e. The summed E-state index contributed by atoms with van der Waals surface area (Å²) < 4.78 is 63.4. The van der Waals surface area contributed by atoms with Crippen molar-refractivity contribution < 1.29 is 31.5 Å². The van der Waals surface area contributed by atoms with Crippen LogP contribution in [-0.2, 0) is 6.61 Å².